The average Bonchev–Trinajstić information content (AvgIpc) is 3.09. The molecule has 2 aromatic carbocycles. The third-order valence-corrected chi connectivity index (χ3v) is 7.54. The van der Waals surface area contributed by atoms with Crippen LogP contribution in [0.4, 0.5) is 4.79 Å². The van der Waals surface area contributed by atoms with E-state index in [-0.39, 0.29) is 42.7 Å². The predicted molar refractivity (Wildman–Crippen MR) is 126 cm³/mol. The van der Waals surface area contributed by atoms with Crippen molar-refractivity contribution in [2.75, 3.05) is 13.2 Å². The van der Waals surface area contributed by atoms with Crippen LogP contribution in [0.15, 0.2) is 48.5 Å². The predicted octanol–water partition coefficient (Wildman–Crippen LogP) is 3.92. The molecule has 0 aromatic heterocycles. The van der Waals surface area contributed by atoms with Crippen molar-refractivity contribution in [3.8, 4) is 11.1 Å². The molecule has 0 atom stereocenters. The summed E-state index contributed by atoms with van der Waals surface area (Å²) < 4.78 is 5.59. The number of rotatable bonds is 8. The zero-order chi connectivity index (χ0) is 23.7. The van der Waals surface area contributed by atoms with Gasteiger partial charge in [-0.05, 0) is 59.8 Å². The summed E-state index contributed by atoms with van der Waals surface area (Å²) in [5, 5.41) is 14.7. The van der Waals surface area contributed by atoms with Gasteiger partial charge in [0.2, 0.25) is 5.91 Å². The highest BCUT2D eigenvalue weighted by atomic mass is 16.5. The molecule has 2 saturated carbocycles. The molecule has 3 aliphatic rings. The van der Waals surface area contributed by atoms with Crippen LogP contribution < -0.4 is 10.6 Å². The maximum absolute atomic E-state index is 12.4. The zero-order valence-corrected chi connectivity index (χ0v) is 19.0. The third-order valence-electron chi connectivity index (χ3n) is 7.54. The van der Waals surface area contributed by atoms with Crippen molar-refractivity contribution in [1.29, 1.82) is 0 Å². The van der Waals surface area contributed by atoms with Crippen LogP contribution in [0.1, 0.15) is 49.1 Å². The summed E-state index contributed by atoms with van der Waals surface area (Å²) in [5.41, 5.74) is 4.74. The topological polar surface area (TPSA) is 105 Å². The molecule has 0 spiro atoms. The second kappa shape index (κ2) is 9.49. The minimum absolute atomic E-state index is 0.0206. The number of fused-ring (bicyclic) bond motifs is 3. The van der Waals surface area contributed by atoms with E-state index < -0.39 is 12.1 Å². The fourth-order valence-corrected chi connectivity index (χ4v) is 5.60. The largest absolute Gasteiger partial charge is 0.481 e. The molecule has 2 aromatic rings. The quantitative estimate of drug-likeness (QED) is 0.552. The van der Waals surface area contributed by atoms with Gasteiger partial charge in [-0.15, -0.1) is 0 Å². The summed E-state index contributed by atoms with van der Waals surface area (Å²) in [5.74, 6) is -0.172. The van der Waals surface area contributed by atoms with Crippen LogP contribution in [-0.4, -0.2) is 42.3 Å². The van der Waals surface area contributed by atoms with Crippen molar-refractivity contribution >= 4 is 18.0 Å². The molecule has 0 saturated heterocycles. The van der Waals surface area contributed by atoms with Crippen LogP contribution in [0.25, 0.3) is 11.1 Å². The Morgan fingerprint density at radius 1 is 0.882 bits per heavy atom. The van der Waals surface area contributed by atoms with Crippen molar-refractivity contribution in [1.82, 2.24) is 10.6 Å². The Kier molecular flexibility index (Phi) is 6.26. The van der Waals surface area contributed by atoms with Gasteiger partial charge >= 0.3 is 12.1 Å². The minimum Gasteiger partial charge on any atom is -0.481 e. The lowest BCUT2D eigenvalue weighted by Gasteiger charge is -2.37. The Bertz CT molecular complexity index is 1040. The first-order chi connectivity index (χ1) is 16.5. The first kappa shape index (κ1) is 22.4. The summed E-state index contributed by atoms with van der Waals surface area (Å²) in [6.07, 6.45) is 2.73. The monoisotopic (exact) mass is 462 g/mol. The number of ether oxygens (including phenoxy) is 1. The highest BCUT2D eigenvalue weighted by molar-refractivity contribution is 5.80. The van der Waals surface area contributed by atoms with E-state index in [1.807, 2.05) is 24.3 Å². The van der Waals surface area contributed by atoms with Crippen molar-refractivity contribution in [2.24, 2.45) is 17.8 Å². The zero-order valence-electron chi connectivity index (χ0n) is 19.0. The lowest BCUT2D eigenvalue weighted by molar-refractivity contribution is -0.139. The average molecular weight is 463 g/mol. The van der Waals surface area contributed by atoms with Gasteiger partial charge in [-0.2, -0.15) is 0 Å². The number of carbonyl (C=O) groups is 3. The number of carboxylic acid groups (broad SMARTS) is 1. The van der Waals surface area contributed by atoms with Gasteiger partial charge in [0.15, 0.2) is 0 Å². The van der Waals surface area contributed by atoms with E-state index in [9.17, 15) is 14.4 Å². The molecular formula is C27H30N2O5. The van der Waals surface area contributed by atoms with Crippen LogP contribution in [0.5, 0.6) is 0 Å². The lowest BCUT2D eigenvalue weighted by atomic mass is 9.73. The van der Waals surface area contributed by atoms with Gasteiger partial charge in [0.05, 0.1) is 0 Å². The third kappa shape index (κ3) is 4.65. The van der Waals surface area contributed by atoms with E-state index in [1.54, 1.807) is 0 Å². The molecule has 0 heterocycles. The number of benzene rings is 2. The number of amides is 2. The van der Waals surface area contributed by atoms with Crippen LogP contribution >= 0.6 is 0 Å². The number of nitrogens with one attached hydrogen (secondary N) is 2. The Morgan fingerprint density at radius 2 is 1.50 bits per heavy atom. The van der Waals surface area contributed by atoms with E-state index in [2.05, 4.69) is 34.9 Å². The van der Waals surface area contributed by atoms with Crippen molar-refractivity contribution < 1.29 is 24.2 Å². The maximum Gasteiger partial charge on any atom is 0.407 e. The van der Waals surface area contributed by atoms with Gasteiger partial charge in [0, 0.05) is 30.8 Å². The normalized spacial score (nSPS) is 24.7. The molecule has 0 aliphatic heterocycles. The molecule has 0 radical (unpaired) electrons. The molecule has 0 unspecified atom stereocenters. The van der Waals surface area contributed by atoms with Gasteiger partial charge in [0.25, 0.3) is 0 Å². The highest BCUT2D eigenvalue weighted by Gasteiger charge is 2.37. The fourth-order valence-electron chi connectivity index (χ4n) is 5.60. The van der Waals surface area contributed by atoms with Gasteiger partial charge in [-0.25, -0.2) is 4.79 Å². The van der Waals surface area contributed by atoms with E-state index in [1.165, 1.54) is 22.3 Å². The number of hydrogen-bond donors (Lipinski definition) is 3. The van der Waals surface area contributed by atoms with E-state index in [4.69, 9.17) is 9.84 Å². The molecule has 0 bridgehead atoms. The number of hydrogen-bond acceptors (Lipinski definition) is 4. The Hall–Kier alpha value is -3.35. The second-order valence-corrected chi connectivity index (χ2v) is 9.88. The van der Waals surface area contributed by atoms with Gasteiger partial charge in [-0.1, -0.05) is 48.5 Å². The maximum atomic E-state index is 12.4. The van der Waals surface area contributed by atoms with E-state index >= 15 is 0 Å². The van der Waals surface area contributed by atoms with E-state index in [0.29, 0.717) is 25.3 Å². The Morgan fingerprint density at radius 3 is 2.12 bits per heavy atom. The van der Waals surface area contributed by atoms with Gasteiger partial charge < -0.3 is 20.5 Å². The number of aliphatic carboxylic acids is 1. The highest BCUT2D eigenvalue weighted by Crippen LogP contribution is 2.44. The number of carboxylic acids is 1. The molecule has 7 heteroatoms. The lowest BCUT2D eigenvalue weighted by Crippen LogP contribution is -2.50. The van der Waals surface area contributed by atoms with Crippen LogP contribution in [0.2, 0.25) is 0 Å². The van der Waals surface area contributed by atoms with Crippen LogP contribution in [0, 0.1) is 17.8 Å². The van der Waals surface area contributed by atoms with Gasteiger partial charge in [0.1, 0.15) is 6.61 Å². The molecule has 3 N–H and O–H groups in total. The molecule has 2 fully saturated rings. The second-order valence-electron chi connectivity index (χ2n) is 9.88. The number of carbonyl (C=O) groups excluding carboxylic acids is 2. The molecule has 34 heavy (non-hydrogen) atoms. The minimum atomic E-state index is -0.753. The molecule has 7 nitrogen and oxygen atoms in total. The SMILES string of the molecule is O=C(O)CC1CC(CNC(=O)C2CC(NC(=O)OCC3c4ccccc4-c4ccccc43)C2)C1. The van der Waals surface area contributed by atoms with Crippen molar-refractivity contribution in [3.05, 3.63) is 59.7 Å². The summed E-state index contributed by atoms with van der Waals surface area (Å²) in [7, 11) is 0. The Balaban J connectivity index is 1.02. The standard InChI is InChI=1S/C27H30N2O5/c30-25(31)11-16-9-17(10-16)14-28-26(32)18-12-19(13-18)29-27(33)34-15-24-22-7-3-1-5-20(22)21-6-2-4-8-23(21)24/h1-8,16-19,24H,9-15H2,(H,28,32)(H,29,33)(H,30,31). The molecule has 3 aliphatic carbocycles. The van der Waals surface area contributed by atoms with Crippen molar-refractivity contribution in [3.63, 3.8) is 0 Å². The van der Waals surface area contributed by atoms with Crippen LogP contribution in [-0.2, 0) is 14.3 Å². The molecule has 2 amide bonds. The first-order valence-corrected chi connectivity index (χ1v) is 12.1. The molecule has 178 valence electrons. The van der Waals surface area contributed by atoms with E-state index in [0.717, 1.165) is 12.8 Å². The Labute approximate surface area is 198 Å². The van der Waals surface area contributed by atoms with Crippen LogP contribution in [0.3, 0.4) is 0 Å². The molecular weight excluding hydrogens is 432 g/mol. The summed E-state index contributed by atoms with van der Waals surface area (Å²) in [6, 6.07) is 16.4. The van der Waals surface area contributed by atoms with Crippen molar-refractivity contribution in [2.45, 2.75) is 44.1 Å². The first-order valence-electron chi connectivity index (χ1n) is 12.1. The summed E-state index contributed by atoms with van der Waals surface area (Å²) in [4.78, 5) is 35.5. The van der Waals surface area contributed by atoms with Gasteiger partial charge in [-0.3, -0.25) is 9.59 Å². The number of alkyl carbamates (subject to hydrolysis) is 1. The summed E-state index contributed by atoms with van der Waals surface area (Å²) >= 11 is 0. The fraction of sp³-hybridized carbons (Fsp3) is 0.444. The smallest absolute Gasteiger partial charge is 0.407 e. The summed E-state index contributed by atoms with van der Waals surface area (Å²) in [6.45, 7) is 0.886. The molecule has 5 rings (SSSR count).